The predicted molar refractivity (Wildman–Crippen MR) is 90.8 cm³/mol. The minimum absolute atomic E-state index is 0.0705. The van der Waals surface area contributed by atoms with E-state index in [9.17, 15) is 4.79 Å². The maximum Gasteiger partial charge on any atom is 0.321 e. The van der Waals surface area contributed by atoms with Gasteiger partial charge in [0.15, 0.2) is 0 Å². The first kappa shape index (κ1) is 16.6. The average Bonchev–Trinajstić information content (AvgIpc) is 2.90. The van der Waals surface area contributed by atoms with E-state index < -0.39 is 0 Å². The molecule has 1 aromatic carbocycles. The van der Waals surface area contributed by atoms with Crippen molar-refractivity contribution in [2.45, 2.75) is 24.9 Å². The van der Waals surface area contributed by atoms with Crippen molar-refractivity contribution in [1.82, 2.24) is 15.1 Å². The highest BCUT2D eigenvalue weighted by molar-refractivity contribution is 6.30. The van der Waals surface area contributed by atoms with Crippen LogP contribution in [0.25, 0.3) is 0 Å². The molecule has 6 heteroatoms. The second-order valence-corrected chi connectivity index (χ2v) is 6.62. The molecule has 2 fully saturated rings. The van der Waals surface area contributed by atoms with E-state index in [2.05, 4.69) is 16.3 Å². The highest BCUT2D eigenvalue weighted by atomic mass is 35.5. The molecule has 1 atom stereocenters. The van der Waals surface area contributed by atoms with E-state index in [4.69, 9.17) is 16.3 Å². The Kier molecular flexibility index (Phi) is 5.41. The Labute approximate surface area is 142 Å². The van der Waals surface area contributed by atoms with Crippen LogP contribution < -0.4 is 5.32 Å². The summed E-state index contributed by atoms with van der Waals surface area (Å²) in [4.78, 5) is 16.9. The number of halogens is 1. The molecule has 1 N–H and O–H groups in total. The fourth-order valence-corrected chi connectivity index (χ4v) is 3.73. The number of hydrogen-bond acceptors (Lipinski definition) is 3. The Morgan fingerprint density at radius 2 is 2.13 bits per heavy atom. The average molecular weight is 338 g/mol. The number of benzene rings is 1. The number of carbonyl (C=O) groups is 1. The number of amides is 2. The highest BCUT2D eigenvalue weighted by Gasteiger charge is 2.41. The number of rotatable bonds is 5. The van der Waals surface area contributed by atoms with Gasteiger partial charge in [0, 0.05) is 31.3 Å². The predicted octanol–water partition coefficient (Wildman–Crippen LogP) is 2.52. The van der Waals surface area contributed by atoms with Crippen LogP contribution in [0.5, 0.6) is 0 Å². The molecule has 126 valence electrons. The van der Waals surface area contributed by atoms with E-state index in [-0.39, 0.29) is 12.1 Å². The van der Waals surface area contributed by atoms with Gasteiger partial charge in [-0.3, -0.25) is 0 Å². The minimum atomic E-state index is 0.0705. The van der Waals surface area contributed by atoms with Crippen molar-refractivity contribution in [2.24, 2.45) is 0 Å². The second kappa shape index (κ2) is 7.51. The van der Waals surface area contributed by atoms with Crippen molar-refractivity contribution < 1.29 is 9.53 Å². The number of piperidine rings is 1. The van der Waals surface area contributed by atoms with Gasteiger partial charge in [-0.1, -0.05) is 23.7 Å². The third-order valence-corrected chi connectivity index (χ3v) is 4.96. The smallest absolute Gasteiger partial charge is 0.321 e. The summed E-state index contributed by atoms with van der Waals surface area (Å²) < 4.78 is 5.15. The highest BCUT2D eigenvalue weighted by Crippen LogP contribution is 2.34. The van der Waals surface area contributed by atoms with E-state index in [1.807, 2.05) is 23.1 Å². The van der Waals surface area contributed by atoms with Gasteiger partial charge in [0.2, 0.25) is 0 Å². The first-order valence-corrected chi connectivity index (χ1v) is 8.61. The number of carbonyl (C=O) groups excluding carboxylic acids is 1. The molecule has 23 heavy (non-hydrogen) atoms. The van der Waals surface area contributed by atoms with Crippen molar-refractivity contribution in [3.8, 4) is 0 Å². The lowest BCUT2D eigenvalue weighted by Gasteiger charge is -2.35. The molecule has 3 rings (SSSR count). The lowest BCUT2D eigenvalue weighted by Crippen LogP contribution is -2.46. The van der Waals surface area contributed by atoms with Crippen molar-refractivity contribution in [3.05, 3.63) is 34.9 Å². The molecule has 0 spiro atoms. The van der Waals surface area contributed by atoms with Gasteiger partial charge in [0.1, 0.15) is 0 Å². The summed E-state index contributed by atoms with van der Waals surface area (Å²) in [5, 5.41) is 4.09. The molecule has 1 aromatic rings. The molecule has 0 radical (unpaired) electrons. The van der Waals surface area contributed by atoms with E-state index in [0.717, 1.165) is 36.5 Å². The normalized spacial score (nSPS) is 22.9. The molecular weight excluding hydrogens is 314 g/mol. The van der Waals surface area contributed by atoms with E-state index in [0.29, 0.717) is 25.7 Å². The second-order valence-electron chi connectivity index (χ2n) is 6.18. The van der Waals surface area contributed by atoms with E-state index in [1.165, 1.54) is 0 Å². The van der Waals surface area contributed by atoms with Gasteiger partial charge in [0.05, 0.1) is 12.6 Å². The Morgan fingerprint density at radius 1 is 1.35 bits per heavy atom. The Balaban J connectivity index is 1.85. The summed E-state index contributed by atoms with van der Waals surface area (Å²) in [6, 6.07) is 8.37. The fourth-order valence-electron chi connectivity index (χ4n) is 3.54. The first-order chi connectivity index (χ1) is 11.2. The maximum absolute atomic E-state index is 12.9. The number of urea groups is 1. The van der Waals surface area contributed by atoms with Crippen LogP contribution in [0.3, 0.4) is 0 Å². The Bertz CT molecular complexity index is 548. The number of hydrogen-bond donors (Lipinski definition) is 1. The van der Waals surface area contributed by atoms with Crippen LogP contribution in [-0.2, 0) is 4.74 Å². The van der Waals surface area contributed by atoms with E-state index in [1.54, 1.807) is 7.11 Å². The molecule has 2 aliphatic heterocycles. The van der Waals surface area contributed by atoms with Crippen molar-refractivity contribution >= 4 is 17.6 Å². The van der Waals surface area contributed by atoms with Crippen LogP contribution in [0.4, 0.5) is 4.79 Å². The summed E-state index contributed by atoms with van der Waals surface area (Å²) in [5.74, 6) is 0. The van der Waals surface area contributed by atoms with Gasteiger partial charge in [0.25, 0.3) is 0 Å². The maximum atomic E-state index is 12.9. The summed E-state index contributed by atoms with van der Waals surface area (Å²) in [6.07, 6.45) is 2.00. The number of ether oxygens (including phenoxy) is 1. The summed E-state index contributed by atoms with van der Waals surface area (Å²) in [6.45, 7) is 3.83. The minimum Gasteiger partial charge on any atom is -0.383 e. The van der Waals surface area contributed by atoms with Gasteiger partial charge in [-0.05, 0) is 43.6 Å². The topological polar surface area (TPSA) is 44.8 Å². The van der Waals surface area contributed by atoms with Gasteiger partial charge in [-0.2, -0.15) is 0 Å². The largest absolute Gasteiger partial charge is 0.383 e. The first-order valence-electron chi connectivity index (χ1n) is 8.23. The number of methoxy groups -OCH3 is 1. The molecule has 0 bridgehead atoms. The third kappa shape index (κ3) is 3.62. The van der Waals surface area contributed by atoms with Crippen LogP contribution in [-0.4, -0.2) is 61.8 Å². The molecule has 0 aromatic heterocycles. The molecule has 1 unspecified atom stereocenters. The number of nitrogens with one attached hydrogen (secondary N) is 1. The monoisotopic (exact) mass is 337 g/mol. The molecule has 0 saturated carbocycles. The lowest BCUT2D eigenvalue weighted by atomic mass is 10.00. The van der Waals surface area contributed by atoms with Crippen LogP contribution in [0, 0.1) is 0 Å². The molecule has 2 heterocycles. The van der Waals surface area contributed by atoms with Crippen molar-refractivity contribution in [2.75, 3.05) is 39.9 Å². The molecule has 2 amide bonds. The van der Waals surface area contributed by atoms with Gasteiger partial charge >= 0.3 is 6.03 Å². The zero-order valence-electron chi connectivity index (χ0n) is 13.5. The molecule has 0 aliphatic carbocycles. The van der Waals surface area contributed by atoms with Crippen LogP contribution in [0.1, 0.15) is 24.4 Å². The van der Waals surface area contributed by atoms with Crippen LogP contribution in [0.15, 0.2) is 24.3 Å². The van der Waals surface area contributed by atoms with E-state index >= 15 is 0 Å². The summed E-state index contributed by atoms with van der Waals surface area (Å²) >= 11 is 6.17. The molecular formula is C17H24ClN3O2. The van der Waals surface area contributed by atoms with Gasteiger partial charge in [-0.25, -0.2) is 4.79 Å². The van der Waals surface area contributed by atoms with Gasteiger partial charge < -0.3 is 19.9 Å². The molecule has 2 saturated heterocycles. The van der Waals surface area contributed by atoms with Crippen LogP contribution in [0.2, 0.25) is 5.02 Å². The summed E-state index contributed by atoms with van der Waals surface area (Å²) in [5.41, 5.74) is 1.12. The van der Waals surface area contributed by atoms with Crippen LogP contribution >= 0.6 is 11.6 Å². The standard InChI is InChI=1S/C17H24ClN3O2/c1-23-10-9-20-12-16(13-3-2-4-14(18)11-13)21(17(20)22)15-5-7-19-8-6-15/h2-4,11,15-16,19H,5-10,12H2,1H3. The lowest BCUT2D eigenvalue weighted by molar-refractivity contribution is 0.139. The Morgan fingerprint density at radius 3 is 2.83 bits per heavy atom. The molecule has 5 nitrogen and oxygen atoms in total. The Hall–Kier alpha value is -1.30. The zero-order valence-corrected chi connectivity index (χ0v) is 14.3. The zero-order chi connectivity index (χ0) is 16.2. The van der Waals surface area contributed by atoms with Gasteiger partial charge in [-0.15, -0.1) is 0 Å². The SMILES string of the molecule is COCCN1CC(c2cccc(Cl)c2)N(C2CCNCC2)C1=O. The molecule has 2 aliphatic rings. The fraction of sp³-hybridized carbons (Fsp3) is 0.588. The summed E-state index contributed by atoms with van der Waals surface area (Å²) in [7, 11) is 1.67. The van der Waals surface area contributed by atoms with Crippen molar-refractivity contribution in [3.63, 3.8) is 0 Å². The number of nitrogens with zero attached hydrogens (tertiary/aromatic N) is 2. The quantitative estimate of drug-likeness (QED) is 0.898. The third-order valence-electron chi connectivity index (χ3n) is 4.72. The van der Waals surface area contributed by atoms with Crippen molar-refractivity contribution in [1.29, 1.82) is 0 Å².